The zero-order chi connectivity index (χ0) is 13.7. The van der Waals surface area contributed by atoms with Crippen molar-refractivity contribution in [2.75, 3.05) is 13.7 Å². The Kier molecular flexibility index (Phi) is 4.76. The molecule has 2 aromatic rings. The van der Waals surface area contributed by atoms with Crippen molar-refractivity contribution in [2.45, 2.75) is 20.0 Å². The molecule has 0 aliphatic carbocycles. The summed E-state index contributed by atoms with van der Waals surface area (Å²) in [5, 5.41) is 11.7. The van der Waals surface area contributed by atoms with E-state index >= 15 is 0 Å². The maximum absolute atomic E-state index is 6.09. The lowest BCUT2D eigenvalue weighted by molar-refractivity contribution is 0.290. The number of nitrogens with zero attached hydrogens (tertiary/aromatic N) is 3. The highest BCUT2D eigenvalue weighted by Gasteiger charge is 2.03. The van der Waals surface area contributed by atoms with Gasteiger partial charge >= 0.3 is 0 Å². The molecular weight excluding hydrogens is 264 g/mol. The lowest BCUT2D eigenvalue weighted by atomic mass is 10.2. The minimum atomic E-state index is 0.505. The molecule has 0 radical (unpaired) electrons. The number of nitrogens with one attached hydrogen (secondary N) is 1. The van der Waals surface area contributed by atoms with Crippen LogP contribution in [0, 0.1) is 6.92 Å². The number of aromatic nitrogens is 3. The van der Waals surface area contributed by atoms with Crippen molar-refractivity contribution in [1.29, 1.82) is 0 Å². The van der Waals surface area contributed by atoms with Gasteiger partial charge in [0.05, 0.1) is 17.3 Å². The zero-order valence-electron chi connectivity index (χ0n) is 11.1. The van der Waals surface area contributed by atoms with Crippen molar-refractivity contribution in [2.24, 2.45) is 0 Å². The molecule has 0 saturated carbocycles. The summed E-state index contributed by atoms with van der Waals surface area (Å²) in [6, 6.07) is 5.74. The molecule has 1 heterocycles. The van der Waals surface area contributed by atoms with E-state index in [9.17, 15) is 0 Å². The molecule has 1 aromatic heterocycles. The number of hydrogen-bond donors (Lipinski definition) is 1. The predicted octanol–water partition coefficient (Wildman–Crippen LogP) is 2.04. The second-order valence-corrected chi connectivity index (χ2v) is 4.69. The molecule has 0 aliphatic heterocycles. The summed E-state index contributed by atoms with van der Waals surface area (Å²) in [6.45, 7) is 3.85. The quantitative estimate of drug-likeness (QED) is 0.880. The molecule has 0 aliphatic rings. The molecule has 1 N–H and O–H groups in total. The second-order valence-electron chi connectivity index (χ2n) is 4.29. The number of hydrogen-bond acceptors (Lipinski definition) is 4. The molecule has 0 saturated heterocycles. The van der Waals surface area contributed by atoms with Crippen molar-refractivity contribution in [3.8, 4) is 5.75 Å². The van der Waals surface area contributed by atoms with Gasteiger partial charge in [-0.2, -0.15) is 0 Å². The molecule has 102 valence electrons. The van der Waals surface area contributed by atoms with Crippen molar-refractivity contribution < 1.29 is 4.74 Å². The molecule has 0 bridgehead atoms. The summed E-state index contributed by atoms with van der Waals surface area (Å²) in [5.41, 5.74) is 2.03. The Morgan fingerprint density at radius 1 is 1.42 bits per heavy atom. The van der Waals surface area contributed by atoms with Crippen molar-refractivity contribution in [3.63, 3.8) is 0 Å². The minimum Gasteiger partial charge on any atom is -0.490 e. The van der Waals surface area contributed by atoms with Crippen LogP contribution in [0.3, 0.4) is 0 Å². The molecule has 0 atom stereocenters. The number of rotatable bonds is 6. The van der Waals surface area contributed by atoms with Crippen molar-refractivity contribution in [1.82, 2.24) is 20.3 Å². The first-order valence-corrected chi connectivity index (χ1v) is 6.49. The van der Waals surface area contributed by atoms with Crippen LogP contribution in [0.25, 0.3) is 0 Å². The molecule has 6 heteroatoms. The van der Waals surface area contributed by atoms with E-state index in [1.54, 1.807) is 4.68 Å². The first-order chi connectivity index (χ1) is 9.19. The summed E-state index contributed by atoms with van der Waals surface area (Å²) in [4.78, 5) is 0. The van der Waals surface area contributed by atoms with Crippen LogP contribution in [0.5, 0.6) is 5.75 Å². The van der Waals surface area contributed by atoms with E-state index in [2.05, 4.69) is 15.6 Å². The highest BCUT2D eigenvalue weighted by atomic mass is 35.5. The Labute approximate surface area is 117 Å². The van der Waals surface area contributed by atoms with E-state index in [1.807, 2.05) is 38.4 Å². The van der Waals surface area contributed by atoms with Crippen molar-refractivity contribution >= 4 is 11.6 Å². The third kappa shape index (κ3) is 3.94. The lowest BCUT2D eigenvalue weighted by Crippen LogP contribution is -2.09. The van der Waals surface area contributed by atoms with E-state index in [0.717, 1.165) is 11.3 Å². The van der Waals surface area contributed by atoms with Gasteiger partial charge in [0, 0.05) is 12.7 Å². The average Bonchev–Trinajstić information content (AvgIpc) is 2.80. The van der Waals surface area contributed by atoms with Gasteiger partial charge in [0.1, 0.15) is 12.4 Å². The summed E-state index contributed by atoms with van der Waals surface area (Å²) >= 11 is 6.09. The Hall–Kier alpha value is -1.59. The van der Waals surface area contributed by atoms with Gasteiger partial charge in [-0.1, -0.05) is 22.9 Å². The molecular formula is C13H17ClN4O. The summed E-state index contributed by atoms with van der Waals surface area (Å²) in [7, 11) is 1.88. The maximum atomic E-state index is 6.09. The van der Waals surface area contributed by atoms with Gasteiger partial charge in [-0.3, -0.25) is 0 Å². The van der Waals surface area contributed by atoms with E-state index in [1.165, 1.54) is 0 Å². The molecule has 2 rings (SSSR count). The normalized spacial score (nSPS) is 10.7. The van der Waals surface area contributed by atoms with Crippen LogP contribution >= 0.6 is 11.6 Å². The Bertz CT molecular complexity index is 541. The molecule has 5 nitrogen and oxygen atoms in total. The topological polar surface area (TPSA) is 52.0 Å². The van der Waals surface area contributed by atoms with Gasteiger partial charge in [-0.15, -0.1) is 5.10 Å². The molecule has 0 fully saturated rings. The smallest absolute Gasteiger partial charge is 0.137 e. The standard InChI is InChI=1S/C13H17ClN4O/c1-10-3-4-13(12(14)7-10)19-6-5-18-9-11(8-15-2)16-17-18/h3-4,7,9,15H,5-6,8H2,1-2H3. The van der Waals surface area contributed by atoms with Gasteiger partial charge in [0.2, 0.25) is 0 Å². The van der Waals surface area contributed by atoms with E-state index < -0.39 is 0 Å². The zero-order valence-corrected chi connectivity index (χ0v) is 11.8. The SMILES string of the molecule is CNCc1cn(CCOc2ccc(C)cc2Cl)nn1. The van der Waals surface area contributed by atoms with Gasteiger partial charge in [-0.05, 0) is 31.7 Å². The van der Waals surface area contributed by atoms with E-state index in [0.29, 0.717) is 30.5 Å². The van der Waals surface area contributed by atoms with Crippen LogP contribution in [0.1, 0.15) is 11.3 Å². The average molecular weight is 281 g/mol. The third-order valence-electron chi connectivity index (χ3n) is 2.61. The molecule has 0 unspecified atom stereocenters. The molecule has 1 aromatic carbocycles. The first kappa shape index (κ1) is 13.8. The van der Waals surface area contributed by atoms with E-state index in [-0.39, 0.29) is 0 Å². The van der Waals surface area contributed by atoms with Crippen LogP contribution in [-0.4, -0.2) is 28.6 Å². The molecule has 19 heavy (non-hydrogen) atoms. The number of aryl methyl sites for hydroxylation is 1. The fourth-order valence-corrected chi connectivity index (χ4v) is 1.97. The highest BCUT2D eigenvalue weighted by Crippen LogP contribution is 2.24. The van der Waals surface area contributed by atoms with Gasteiger partial charge in [0.15, 0.2) is 0 Å². The Balaban J connectivity index is 1.85. The second kappa shape index (κ2) is 6.54. The predicted molar refractivity (Wildman–Crippen MR) is 74.5 cm³/mol. The van der Waals surface area contributed by atoms with Crippen LogP contribution in [0.4, 0.5) is 0 Å². The van der Waals surface area contributed by atoms with Crippen LogP contribution in [0.2, 0.25) is 5.02 Å². The number of benzene rings is 1. The fourth-order valence-electron chi connectivity index (χ4n) is 1.68. The third-order valence-corrected chi connectivity index (χ3v) is 2.90. The number of ether oxygens (including phenoxy) is 1. The minimum absolute atomic E-state index is 0.505. The van der Waals surface area contributed by atoms with Gasteiger partial charge in [-0.25, -0.2) is 4.68 Å². The first-order valence-electron chi connectivity index (χ1n) is 6.11. The largest absolute Gasteiger partial charge is 0.490 e. The maximum Gasteiger partial charge on any atom is 0.137 e. The lowest BCUT2D eigenvalue weighted by Gasteiger charge is -2.08. The van der Waals surface area contributed by atoms with Gasteiger partial charge < -0.3 is 10.1 Å². The summed E-state index contributed by atoms with van der Waals surface area (Å²) in [6.07, 6.45) is 1.90. The number of halogens is 1. The van der Waals surface area contributed by atoms with E-state index in [4.69, 9.17) is 16.3 Å². The Morgan fingerprint density at radius 3 is 3.00 bits per heavy atom. The monoisotopic (exact) mass is 280 g/mol. The van der Waals surface area contributed by atoms with Gasteiger partial charge in [0.25, 0.3) is 0 Å². The fraction of sp³-hybridized carbons (Fsp3) is 0.385. The molecule has 0 amide bonds. The summed E-state index contributed by atoms with van der Waals surface area (Å²) in [5.74, 6) is 0.697. The van der Waals surface area contributed by atoms with Crippen molar-refractivity contribution in [3.05, 3.63) is 40.7 Å². The highest BCUT2D eigenvalue weighted by molar-refractivity contribution is 6.32. The molecule has 0 spiro atoms. The Morgan fingerprint density at radius 2 is 2.26 bits per heavy atom. The van der Waals surface area contributed by atoms with Crippen LogP contribution in [0.15, 0.2) is 24.4 Å². The summed E-state index contributed by atoms with van der Waals surface area (Å²) < 4.78 is 7.39. The van der Waals surface area contributed by atoms with Crippen LogP contribution in [-0.2, 0) is 13.1 Å². The van der Waals surface area contributed by atoms with Crippen LogP contribution < -0.4 is 10.1 Å².